The largest absolute Gasteiger partial charge is 0.353 e. The Morgan fingerprint density at radius 3 is 3.00 bits per heavy atom. The Balaban J connectivity index is 0.00000133. The first-order valence-corrected chi connectivity index (χ1v) is 5.85. The van der Waals surface area contributed by atoms with Gasteiger partial charge in [0.1, 0.15) is 0 Å². The predicted octanol–water partition coefficient (Wildman–Crippen LogP) is 1.70. The summed E-state index contributed by atoms with van der Waals surface area (Å²) >= 11 is 0. The lowest BCUT2D eigenvalue weighted by molar-refractivity contribution is 0.920. The number of hydrogen-bond acceptors (Lipinski definition) is 5. The summed E-state index contributed by atoms with van der Waals surface area (Å²) in [6, 6.07) is 9.94. The molecule has 0 aliphatic carbocycles. The van der Waals surface area contributed by atoms with Crippen LogP contribution in [-0.2, 0) is 0 Å². The number of aliphatic imine (C=N–C) groups is 1. The summed E-state index contributed by atoms with van der Waals surface area (Å²) in [6.45, 7) is 1.67. The molecule has 2 heterocycles. The Morgan fingerprint density at radius 1 is 1.26 bits per heavy atom. The minimum atomic E-state index is 0. The number of guanidine groups is 1. The van der Waals surface area contributed by atoms with Crippen LogP contribution in [0.15, 0.2) is 46.6 Å². The van der Waals surface area contributed by atoms with Crippen LogP contribution in [0.4, 0.5) is 0 Å². The van der Waals surface area contributed by atoms with E-state index in [1.165, 1.54) is 0 Å². The first-order chi connectivity index (χ1) is 8.93. The number of benzene rings is 1. The van der Waals surface area contributed by atoms with E-state index >= 15 is 0 Å². The standard InChI is InChI=1S/C13H13N5.BrH/c1-2-4-12-11(3-1)10(5-6-14-12)9-17-18-13-15-7-8-16-13;/h1-6,9H,7-8H2,(H2,15,16,18);1H/b17-9+;. The summed E-state index contributed by atoms with van der Waals surface area (Å²) in [5, 5.41) is 8.36. The van der Waals surface area contributed by atoms with E-state index in [0.29, 0.717) is 0 Å². The van der Waals surface area contributed by atoms with E-state index in [2.05, 4.69) is 25.8 Å². The maximum Gasteiger partial charge on any atom is 0.212 e. The zero-order chi connectivity index (χ0) is 12.2. The van der Waals surface area contributed by atoms with Crippen molar-refractivity contribution >= 4 is 40.1 Å². The molecule has 0 fully saturated rings. The zero-order valence-electron chi connectivity index (χ0n) is 10.2. The second-order valence-corrected chi connectivity index (χ2v) is 3.94. The SMILES string of the molecule is Br.C(=N\NC1=NCCN1)/c1ccnc2ccccc12. The summed E-state index contributed by atoms with van der Waals surface area (Å²) in [6.07, 6.45) is 3.57. The number of halogens is 1. The third-order valence-corrected chi connectivity index (χ3v) is 2.73. The van der Waals surface area contributed by atoms with Gasteiger partial charge in [-0.05, 0) is 12.1 Å². The van der Waals surface area contributed by atoms with Crippen LogP contribution in [0.2, 0.25) is 0 Å². The molecule has 98 valence electrons. The molecule has 0 radical (unpaired) electrons. The zero-order valence-corrected chi connectivity index (χ0v) is 11.9. The number of pyridine rings is 1. The van der Waals surface area contributed by atoms with Crippen LogP contribution >= 0.6 is 17.0 Å². The molecule has 1 aliphatic heterocycles. The van der Waals surface area contributed by atoms with E-state index in [0.717, 1.165) is 35.5 Å². The second kappa shape index (κ2) is 6.29. The molecule has 2 aromatic rings. The fourth-order valence-electron chi connectivity index (χ4n) is 1.87. The Bertz CT molecular complexity index is 618. The molecule has 3 rings (SSSR count). The van der Waals surface area contributed by atoms with Crippen LogP contribution in [0.5, 0.6) is 0 Å². The van der Waals surface area contributed by atoms with Crippen molar-refractivity contribution in [3.8, 4) is 0 Å². The molecule has 0 spiro atoms. The number of fused-ring (bicyclic) bond motifs is 1. The lowest BCUT2D eigenvalue weighted by atomic mass is 10.1. The average molecular weight is 320 g/mol. The summed E-state index contributed by atoms with van der Waals surface area (Å²) in [7, 11) is 0. The molecule has 1 aromatic heterocycles. The normalized spacial score (nSPS) is 14.0. The summed E-state index contributed by atoms with van der Waals surface area (Å²) in [4.78, 5) is 8.51. The van der Waals surface area contributed by atoms with Crippen molar-refractivity contribution in [3.63, 3.8) is 0 Å². The minimum Gasteiger partial charge on any atom is -0.353 e. The molecule has 0 amide bonds. The van der Waals surface area contributed by atoms with Crippen molar-refractivity contribution in [2.45, 2.75) is 0 Å². The lowest BCUT2D eigenvalue weighted by Crippen LogP contribution is -2.30. The van der Waals surface area contributed by atoms with Gasteiger partial charge >= 0.3 is 0 Å². The number of rotatable bonds is 2. The Labute approximate surface area is 121 Å². The summed E-state index contributed by atoms with van der Waals surface area (Å²) in [5.41, 5.74) is 4.89. The highest BCUT2D eigenvalue weighted by Gasteiger charge is 2.02. The van der Waals surface area contributed by atoms with Gasteiger partial charge in [-0.25, -0.2) is 10.4 Å². The van der Waals surface area contributed by atoms with E-state index in [4.69, 9.17) is 0 Å². The third-order valence-electron chi connectivity index (χ3n) is 2.73. The van der Waals surface area contributed by atoms with E-state index in [9.17, 15) is 0 Å². The van der Waals surface area contributed by atoms with Crippen molar-refractivity contribution in [2.75, 3.05) is 13.1 Å². The monoisotopic (exact) mass is 319 g/mol. The van der Waals surface area contributed by atoms with Crippen molar-refractivity contribution in [1.82, 2.24) is 15.7 Å². The van der Waals surface area contributed by atoms with Gasteiger partial charge in [0.15, 0.2) is 0 Å². The molecule has 2 N–H and O–H groups in total. The molecular formula is C13H14BrN5. The van der Waals surface area contributed by atoms with Gasteiger partial charge in [-0.1, -0.05) is 18.2 Å². The maximum atomic E-state index is 4.31. The van der Waals surface area contributed by atoms with Crippen LogP contribution in [0.3, 0.4) is 0 Å². The highest BCUT2D eigenvalue weighted by Crippen LogP contribution is 2.13. The maximum absolute atomic E-state index is 4.31. The molecule has 0 bridgehead atoms. The van der Waals surface area contributed by atoms with Gasteiger partial charge in [0, 0.05) is 23.7 Å². The Hall–Kier alpha value is -1.95. The fraction of sp³-hybridized carbons (Fsp3) is 0.154. The molecule has 19 heavy (non-hydrogen) atoms. The number of hydrogen-bond donors (Lipinski definition) is 2. The molecule has 1 aromatic carbocycles. The predicted molar refractivity (Wildman–Crippen MR) is 83.1 cm³/mol. The van der Waals surface area contributed by atoms with Gasteiger partial charge in [0.05, 0.1) is 18.3 Å². The second-order valence-electron chi connectivity index (χ2n) is 3.94. The van der Waals surface area contributed by atoms with E-state index in [1.807, 2.05) is 30.3 Å². The highest BCUT2D eigenvalue weighted by molar-refractivity contribution is 8.93. The van der Waals surface area contributed by atoms with Gasteiger partial charge in [-0.3, -0.25) is 4.98 Å². The topological polar surface area (TPSA) is 61.7 Å². The molecule has 0 saturated carbocycles. The van der Waals surface area contributed by atoms with Crippen LogP contribution in [0, 0.1) is 0 Å². The van der Waals surface area contributed by atoms with Crippen molar-refractivity contribution in [2.24, 2.45) is 10.1 Å². The minimum absolute atomic E-state index is 0. The fourth-order valence-corrected chi connectivity index (χ4v) is 1.87. The molecule has 0 atom stereocenters. The number of para-hydroxylation sites is 1. The highest BCUT2D eigenvalue weighted by atomic mass is 79.9. The Kier molecular flexibility index (Phi) is 4.46. The first-order valence-electron chi connectivity index (χ1n) is 5.85. The van der Waals surface area contributed by atoms with E-state index in [-0.39, 0.29) is 17.0 Å². The first kappa shape index (κ1) is 13.5. The molecule has 6 heteroatoms. The van der Waals surface area contributed by atoms with Crippen molar-refractivity contribution in [1.29, 1.82) is 0 Å². The molecule has 0 unspecified atom stereocenters. The number of hydrazone groups is 1. The van der Waals surface area contributed by atoms with Crippen LogP contribution < -0.4 is 10.7 Å². The summed E-state index contributed by atoms with van der Waals surface area (Å²) < 4.78 is 0. The molecule has 1 aliphatic rings. The van der Waals surface area contributed by atoms with Gasteiger partial charge < -0.3 is 5.32 Å². The summed E-state index contributed by atoms with van der Waals surface area (Å²) in [5.74, 6) is 0.726. The number of nitrogens with one attached hydrogen (secondary N) is 2. The van der Waals surface area contributed by atoms with Crippen molar-refractivity contribution < 1.29 is 0 Å². The van der Waals surface area contributed by atoms with Crippen LogP contribution in [0.1, 0.15) is 5.56 Å². The van der Waals surface area contributed by atoms with Crippen molar-refractivity contribution in [3.05, 3.63) is 42.1 Å². The van der Waals surface area contributed by atoms with Gasteiger partial charge in [-0.15, -0.1) is 17.0 Å². The van der Waals surface area contributed by atoms with Gasteiger partial charge in [0.25, 0.3) is 0 Å². The molecule has 0 saturated heterocycles. The number of aromatic nitrogens is 1. The van der Waals surface area contributed by atoms with Gasteiger partial charge in [-0.2, -0.15) is 5.10 Å². The van der Waals surface area contributed by atoms with Crippen LogP contribution in [-0.4, -0.2) is 30.2 Å². The smallest absolute Gasteiger partial charge is 0.212 e. The Morgan fingerprint density at radius 2 is 2.16 bits per heavy atom. The quantitative estimate of drug-likeness (QED) is 0.654. The number of nitrogens with zero attached hydrogens (tertiary/aromatic N) is 3. The average Bonchev–Trinajstić information content (AvgIpc) is 2.92. The van der Waals surface area contributed by atoms with E-state index < -0.39 is 0 Å². The third kappa shape index (κ3) is 3.08. The molecular weight excluding hydrogens is 306 g/mol. The van der Waals surface area contributed by atoms with Crippen LogP contribution in [0.25, 0.3) is 10.9 Å². The van der Waals surface area contributed by atoms with E-state index in [1.54, 1.807) is 12.4 Å². The lowest BCUT2D eigenvalue weighted by Gasteiger charge is -2.01. The molecule has 5 nitrogen and oxygen atoms in total. The van der Waals surface area contributed by atoms with Gasteiger partial charge in [0.2, 0.25) is 5.96 Å².